The zero-order valence-electron chi connectivity index (χ0n) is 7.92. The van der Waals surface area contributed by atoms with Gasteiger partial charge in [-0.15, -0.1) is 0 Å². The van der Waals surface area contributed by atoms with Crippen molar-refractivity contribution in [3.63, 3.8) is 0 Å². The molecule has 0 fully saturated rings. The molecular formula is C10H12N2OS. The van der Waals surface area contributed by atoms with Crippen LogP contribution in [0.1, 0.15) is 24.2 Å². The van der Waals surface area contributed by atoms with E-state index in [0.717, 1.165) is 5.69 Å². The third-order valence-electron chi connectivity index (χ3n) is 2.35. The Hall–Kier alpha value is -1.13. The standard InChI is InChI=1S/C10H12N2OS/c1-8(9-2-3-14-6-9)12-7-11-4-10(12)5-13/h2-4,6-8,13H,5H2,1H3. The van der Waals surface area contributed by atoms with Gasteiger partial charge in [-0.3, -0.25) is 0 Å². The minimum Gasteiger partial charge on any atom is -0.390 e. The minimum absolute atomic E-state index is 0.0362. The van der Waals surface area contributed by atoms with Gasteiger partial charge in [-0.05, 0) is 29.3 Å². The summed E-state index contributed by atoms with van der Waals surface area (Å²) < 4.78 is 1.99. The van der Waals surface area contributed by atoms with Gasteiger partial charge in [0.25, 0.3) is 0 Å². The van der Waals surface area contributed by atoms with E-state index < -0.39 is 0 Å². The topological polar surface area (TPSA) is 38.0 Å². The van der Waals surface area contributed by atoms with Crippen LogP contribution in [0.15, 0.2) is 29.4 Å². The minimum atomic E-state index is 0.0362. The Morgan fingerprint density at radius 3 is 3.14 bits per heavy atom. The number of thiophene rings is 1. The van der Waals surface area contributed by atoms with E-state index in [1.807, 2.05) is 4.57 Å². The lowest BCUT2D eigenvalue weighted by atomic mass is 10.2. The number of aromatic nitrogens is 2. The van der Waals surface area contributed by atoms with Crippen molar-refractivity contribution in [3.8, 4) is 0 Å². The highest BCUT2D eigenvalue weighted by molar-refractivity contribution is 7.07. The molecule has 1 unspecified atom stereocenters. The monoisotopic (exact) mass is 208 g/mol. The van der Waals surface area contributed by atoms with Crippen LogP contribution in [0.2, 0.25) is 0 Å². The van der Waals surface area contributed by atoms with E-state index in [1.54, 1.807) is 23.9 Å². The zero-order chi connectivity index (χ0) is 9.97. The molecule has 1 atom stereocenters. The highest BCUT2D eigenvalue weighted by Crippen LogP contribution is 2.21. The van der Waals surface area contributed by atoms with Crippen LogP contribution in [0.25, 0.3) is 0 Å². The summed E-state index contributed by atoms with van der Waals surface area (Å²) in [5.41, 5.74) is 2.10. The van der Waals surface area contributed by atoms with E-state index >= 15 is 0 Å². The molecule has 0 saturated heterocycles. The zero-order valence-corrected chi connectivity index (χ0v) is 8.74. The summed E-state index contributed by atoms with van der Waals surface area (Å²) in [7, 11) is 0. The molecule has 0 amide bonds. The van der Waals surface area contributed by atoms with Crippen molar-refractivity contribution in [1.29, 1.82) is 0 Å². The largest absolute Gasteiger partial charge is 0.390 e. The second kappa shape index (κ2) is 3.94. The Kier molecular flexibility index (Phi) is 2.65. The normalized spacial score (nSPS) is 13.0. The van der Waals surface area contributed by atoms with Gasteiger partial charge in [0.1, 0.15) is 0 Å². The quantitative estimate of drug-likeness (QED) is 0.838. The smallest absolute Gasteiger partial charge is 0.0954 e. The molecule has 0 aromatic carbocycles. The molecule has 0 spiro atoms. The Balaban J connectivity index is 2.31. The molecule has 2 aromatic heterocycles. The van der Waals surface area contributed by atoms with Crippen molar-refractivity contribution < 1.29 is 5.11 Å². The Morgan fingerprint density at radius 2 is 2.50 bits per heavy atom. The number of hydrogen-bond acceptors (Lipinski definition) is 3. The van der Waals surface area contributed by atoms with E-state index in [1.165, 1.54) is 5.56 Å². The van der Waals surface area contributed by atoms with Gasteiger partial charge in [-0.1, -0.05) is 0 Å². The van der Waals surface area contributed by atoms with Crippen molar-refractivity contribution in [2.45, 2.75) is 19.6 Å². The fourth-order valence-electron chi connectivity index (χ4n) is 1.48. The van der Waals surface area contributed by atoms with E-state index in [2.05, 4.69) is 28.7 Å². The van der Waals surface area contributed by atoms with Crippen molar-refractivity contribution in [3.05, 3.63) is 40.6 Å². The summed E-state index contributed by atoms with van der Waals surface area (Å²) in [5, 5.41) is 13.3. The number of imidazole rings is 1. The van der Waals surface area contributed by atoms with Crippen LogP contribution in [0, 0.1) is 0 Å². The van der Waals surface area contributed by atoms with Crippen LogP contribution in [-0.2, 0) is 6.61 Å². The molecule has 0 aliphatic carbocycles. The Labute approximate surface area is 86.7 Å². The van der Waals surface area contributed by atoms with Crippen molar-refractivity contribution >= 4 is 11.3 Å². The fourth-order valence-corrected chi connectivity index (χ4v) is 2.22. The summed E-state index contributed by atoms with van der Waals surface area (Å²) in [6, 6.07) is 2.34. The van der Waals surface area contributed by atoms with Crippen molar-refractivity contribution in [2.75, 3.05) is 0 Å². The number of aliphatic hydroxyl groups excluding tert-OH is 1. The maximum atomic E-state index is 9.10. The molecule has 0 aliphatic rings. The fraction of sp³-hybridized carbons (Fsp3) is 0.300. The maximum Gasteiger partial charge on any atom is 0.0954 e. The number of rotatable bonds is 3. The summed E-state index contributed by atoms with van der Waals surface area (Å²) in [6.07, 6.45) is 3.46. The SMILES string of the molecule is CC(c1ccsc1)n1cncc1CO. The van der Waals surface area contributed by atoms with Crippen molar-refractivity contribution in [1.82, 2.24) is 9.55 Å². The maximum absolute atomic E-state index is 9.10. The summed E-state index contributed by atoms with van der Waals surface area (Å²) >= 11 is 1.68. The lowest BCUT2D eigenvalue weighted by Gasteiger charge is -2.14. The molecule has 74 valence electrons. The molecule has 0 radical (unpaired) electrons. The molecule has 2 rings (SSSR count). The van der Waals surface area contributed by atoms with Crippen LogP contribution < -0.4 is 0 Å². The average Bonchev–Trinajstić information content (AvgIpc) is 2.87. The molecule has 3 nitrogen and oxygen atoms in total. The van der Waals surface area contributed by atoms with Gasteiger partial charge >= 0.3 is 0 Å². The first-order chi connectivity index (χ1) is 6.83. The lowest BCUT2D eigenvalue weighted by molar-refractivity contribution is 0.269. The van der Waals surface area contributed by atoms with Gasteiger partial charge in [0.05, 0.1) is 30.9 Å². The molecule has 0 saturated carbocycles. The van der Waals surface area contributed by atoms with Crippen LogP contribution in [-0.4, -0.2) is 14.7 Å². The van der Waals surface area contributed by atoms with Gasteiger partial charge < -0.3 is 9.67 Å². The van der Waals surface area contributed by atoms with Crippen LogP contribution in [0.5, 0.6) is 0 Å². The molecule has 0 bridgehead atoms. The molecule has 14 heavy (non-hydrogen) atoms. The van der Waals surface area contributed by atoms with E-state index in [-0.39, 0.29) is 12.6 Å². The lowest BCUT2D eigenvalue weighted by Crippen LogP contribution is -2.08. The van der Waals surface area contributed by atoms with Crippen LogP contribution >= 0.6 is 11.3 Å². The number of nitrogens with zero attached hydrogens (tertiary/aromatic N) is 2. The van der Waals surface area contributed by atoms with Crippen LogP contribution in [0.4, 0.5) is 0 Å². The first kappa shape index (κ1) is 9.43. The van der Waals surface area contributed by atoms with Gasteiger partial charge in [0.2, 0.25) is 0 Å². The Bertz CT molecular complexity index is 394. The second-order valence-electron chi connectivity index (χ2n) is 3.18. The summed E-state index contributed by atoms with van der Waals surface area (Å²) in [5.74, 6) is 0. The van der Waals surface area contributed by atoms with Gasteiger partial charge in [0, 0.05) is 0 Å². The van der Waals surface area contributed by atoms with Crippen LogP contribution in [0.3, 0.4) is 0 Å². The summed E-state index contributed by atoms with van der Waals surface area (Å²) in [6.45, 7) is 2.14. The predicted octanol–water partition coefficient (Wildman–Crippen LogP) is 2.05. The average molecular weight is 208 g/mol. The molecule has 1 N–H and O–H groups in total. The summed E-state index contributed by atoms with van der Waals surface area (Å²) in [4.78, 5) is 4.03. The molecular weight excluding hydrogens is 196 g/mol. The molecule has 4 heteroatoms. The predicted molar refractivity (Wildman–Crippen MR) is 56.3 cm³/mol. The molecule has 0 aliphatic heterocycles. The van der Waals surface area contributed by atoms with Gasteiger partial charge in [0.15, 0.2) is 0 Å². The molecule has 2 heterocycles. The van der Waals surface area contributed by atoms with E-state index in [9.17, 15) is 0 Å². The highest BCUT2D eigenvalue weighted by atomic mass is 32.1. The third kappa shape index (κ3) is 1.58. The van der Waals surface area contributed by atoms with E-state index in [0.29, 0.717) is 0 Å². The van der Waals surface area contributed by atoms with Gasteiger partial charge in [-0.2, -0.15) is 11.3 Å². The molecule has 2 aromatic rings. The second-order valence-corrected chi connectivity index (χ2v) is 3.96. The number of hydrogen-bond donors (Lipinski definition) is 1. The third-order valence-corrected chi connectivity index (χ3v) is 3.05. The van der Waals surface area contributed by atoms with Crippen molar-refractivity contribution in [2.24, 2.45) is 0 Å². The first-order valence-electron chi connectivity index (χ1n) is 4.46. The highest BCUT2D eigenvalue weighted by Gasteiger charge is 2.10. The first-order valence-corrected chi connectivity index (χ1v) is 5.41. The number of aliphatic hydroxyl groups is 1. The Morgan fingerprint density at radius 1 is 1.64 bits per heavy atom. The van der Waals surface area contributed by atoms with E-state index in [4.69, 9.17) is 5.11 Å². The van der Waals surface area contributed by atoms with Gasteiger partial charge in [-0.25, -0.2) is 4.98 Å².